The third-order valence-electron chi connectivity index (χ3n) is 2.90. The summed E-state index contributed by atoms with van der Waals surface area (Å²) in [6, 6.07) is 7.34. The summed E-state index contributed by atoms with van der Waals surface area (Å²) in [4.78, 5) is 11.1. The Morgan fingerprint density at radius 1 is 1.37 bits per heavy atom. The largest absolute Gasteiger partial charge is 0.494 e. The molecule has 0 aliphatic carbocycles. The van der Waals surface area contributed by atoms with Crippen LogP contribution >= 0.6 is 0 Å². The highest BCUT2D eigenvalue weighted by atomic mass is 16.5. The van der Waals surface area contributed by atoms with Crippen molar-refractivity contribution in [2.45, 2.75) is 38.6 Å². The van der Waals surface area contributed by atoms with Crippen molar-refractivity contribution < 1.29 is 14.3 Å². The Labute approximate surface area is 114 Å². The summed E-state index contributed by atoms with van der Waals surface area (Å²) >= 11 is 0. The third-order valence-corrected chi connectivity index (χ3v) is 2.90. The normalized spacial score (nSPS) is 12.9. The van der Waals surface area contributed by atoms with Gasteiger partial charge < -0.3 is 15.2 Å². The summed E-state index contributed by atoms with van der Waals surface area (Å²) in [7, 11) is 1.33. The van der Waals surface area contributed by atoms with Crippen LogP contribution in [0.15, 0.2) is 24.3 Å². The Morgan fingerprint density at radius 2 is 2.05 bits per heavy atom. The number of rotatable bonds is 5. The first-order valence-electron chi connectivity index (χ1n) is 6.41. The smallest absolute Gasteiger partial charge is 0.322 e. The fraction of sp³-hybridized carbons (Fsp3) is 0.533. The molecule has 0 saturated heterocycles. The van der Waals surface area contributed by atoms with E-state index in [1.54, 1.807) is 0 Å². The number of esters is 1. The van der Waals surface area contributed by atoms with Crippen LogP contribution in [0, 0.1) is 0 Å². The molecule has 1 aromatic carbocycles. The average Bonchev–Trinajstić information content (AvgIpc) is 2.37. The van der Waals surface area contributed by atoms with Gasteiger partial charge in [0.15, 0.2) is 0 Å². The molecule has 0 bridgehead atoms. The van der Waals surface area contributed by atoms with Crippen molar-refractivity contribution in [3.63, 3.8) is 0 Å². The lowest BCUT2D eigenvalue weighted by Gasteiger charge is -2.20. The number of carbonyl (C=O) groups is 1. The van der Waals surface area contributed by atoms with Crippen molar-refractivity contribution in [1.82, 2.24) is 0 Å². The minimum atomic E-state index is -0.629. The van der Waals surface area contributed by atoms with Gasteiger partial charge in [0.05, 0.1) is 13.7 Å². The molecule has 0 aliphatic rings. The van der Waals surface area contributed by atoms with Gasteiger partial charge in [-0.25, -0.2) is 0 Å². The predicted octanol–water partition coefficient (Wildman–Crippen LogP) is 2.25. The summed E-state index contributed by atoms with van der Waals surface area (Å²) in [5.41, 5.74) is 6.93. The second-order valence-electron chi connectivity index (χ2n) is 5.54. The SMILES string of the molecule is COC(=O)C(N)CCOc1cccc(C(C)(C)C)c1. The van der Waals surface area contributed by atoms with E-state index in [1.165, 1.54) is 12.7 Å². The Bertz CT molecular complexity index is 424. The molecule has 0 spiro atoms. The number of ether oxygens (including phenoxy) is 2. The van der Waals surface area contributed by atoms with Gasteiger partial charge in [0.25, 0.3) is 0 Å². The predicted molar refractivity (Wildman–Crippen MR) is 75.2 cm³/mol. The highest BCUT2D eigenvalue weighted by Crippen LogP contribution is 2.25. The zero-order valence-corrected chi connectivity index (χ0v) is 12.1. The van der Waals surface area contributed by atoms with Crippen molar-refractivity contribution in [2.24, 2.45) is 5.73 Å². The van der Waals surface area contributed by atoms with Gasteiger partial charge in [-0.2, -0.15) is 0 Å². The van der Waals surface area contributed by atoms with Gasteiger partial charge in [-0.15, -0.1) is 0 Å². The number of hydrogen-bond acceptors (Lipinski definition) is 4. The first-order chi connectivity index (χ1) is 8.84. The van der Waals surface area contributed by atoms with E-state index in [2.05, 4.69) is 31.6 Å². The molecule has 1 rings (SSSR count). The summed E-state index contributed by atoms with van der Waals surface area (Å²) < 4.78 is 10.2. The van der Waals surface area contributed by atoms with Gasteiger partial charge in [0, 0.05) is 6.42 Å². The van der Waals surface area contributed by atoms with Gasteiger partial charge in [-0.05, 0) is 23.1 Å². The molecule has 1 atom stereocenters. The van der Waals surface area contributed by atoms with E-state index in [0.717, 1.165) is 5.75 Å². The Hall–Kier alpha value is -1.55. The van der Waals surface area contributed by atoms with Gasteiger partial charge in [0.1, 0.15) is 11.8 Å². The highest BCUT2D eigenvalue weighted by Gasteiger charge is 2.15. The zero-order chi connectivity index (χ0) is 14.5. The van der Waals surface area contributed by atoms with E-state index in [1.807, 2.05) is 18.2 Å². The van der Waals surface area contributed by atoms with Crippen LogP contribution in [0.25, 0.3) is 0 Å². The lowest BCUT2D eigenvalue weighted by Crippen LogP contribution is -2.33. The van der Waals surface area contributed by atoms with E-state index < -0.39 is 12.0 Å². The van der Waals surface area contributed by atoms with Crippen LogP contribution in [0.2, 0.25) is 0 Å². The van der Waals surface area contributed by atoms with Gasteiger partial charge in [-0.1, -0.05) is 32.9 Å². The molecule has 2 N–H and O–H groups in total. The second kappa shape index (κ2) is 6.57. The molecule has 4 nitrogen and oxygen atoms in total. The van der Waals surface area contributed by atoms with Crippen molar-refractivity contribution in [3.05, 3.63) is 29.8 Å². The van der Waals surface area contributed by atoms with Crippen LogP contribution in [-0.4, -0.2) is 25.7 Å². The fourth-order valence-corrected chi connectivity index (χ4v) is 1.63. The molecule has 19 heavy (non-hydrogen) atoms. The first kappa shape index (κ1) is 15.5. The molecule has 0 heterocycles. The molecular formula is C15H23NO3. The molecule has 0 aliphatic heterocycles. The molecule has 1 aromatic rings. The molecule has 1 unspecified atom stereocenters. The van der Waals surface area contributed by atoms with Crippen LogP contribution < -0.4 is 10.5 Å². The number of benzene rings is 1. The minimum Gasteiger partial charge on any atom is -0.494 e. The Morgan fingerprint density at radius 3 is 2.63 bits per heavy atom. The van der Waals surface area contributed by atoms with E-state index in [0.29, 0.717) is 13.0 Å². The Balaban J connectivity index is 2.53. The maximum absolute atomic E-state index is 11.1. The van der Waals surface area contributed by atoms with Crippen molar-refractivity contribution in [2.75, 3.05) is 13.7 Å². The van der Waals surface area contributed by atoms with Crippen LogP contribution in [-0.2, 0) is 14.9 Å². The van der Waals surface area contributed by atoms with Crippen molar-refractivity contribution >= 4 is 5.97 Å². The fourth-order valence-electron chi connectivity index (χ4n) is 1.63. The lowest BCUT2D eigenvalue weighted by molar-refractivity contribution is -0.142. The molecular weight excluding hydrogens is 242 g/mol. The molecule has 0 amide bonds. The van der Waals surface area contributed by atoms with Crippen molar-refractivity contribution in [3.8, 4) is 5.75 Å². The quantitative estimate of drug-likeness (QED) is 0.829. The van der Waals surface area contributed by atoms with Crippen LogP contribution in [0.1, 0.15) is 32.8 Å². The summed E-state index contributed by atoms with van der Waals surface area (Å²) in [6.45, 7) is 6.85. The number of nitrogens with two attached hydrogens (primary N) is 1. The number of hydrogen-bond donors (Lipinski definition) is 1. The number of carbonyl (C=O) groups excluding carboxylic acids is 1. The molecule has 0 fully saturated rings. The minimum absolute atomic E-state index is 0.0851. The summed E-state index contributed by atoms with van der Waals surface area (Å²) in [6.07, 6.45) is 0.437. The average molecular weight is 265 g/mol. The van der Waals surface area contributed by atoms with Crippen LogP contribution in [0.4, 0.5) is 0 Å². The molecule has 106 valence electrons. The maximum Gasteiger partial charge on any atom is 0.322 e. The van der Waals surface area contributed by atoms with E-state index in [-0.39, 0.29) is 5.41 Å². The molecule has 0 aromatic heterocycles. The summed E-state index contributed by atoms with van der Waals surface area (Å²) in [5, 5.41) is 0. The van der Waals surface area contributed by atoms with Crippen molar-refractivity contribution in [1.29, 1.82) is 0 Å². The molecule has 0 saturated carbocycles. The monoisotopic (exact) mass is 265 g/mol. The molecule has 0 radical (unpaired) electrons. The van der Waals surface area contributed by atoms with E-state index in [9.17, 15) is 4.79 Å². The topological polar surface area (TPSA) is 61.5 Å². The maximum atomic E-state index is 11.1. The van der Waals surface area contributed by atoms with E-state index in [4.69, 9.17) is 10.5 Å². The zero-order valence-electron chi connectivity index (χ0n) is 12.1. The number of methoxy groups -OCH3 is 1. The van der Waals surface area contributed by atoms with Gasteiger partial charge in [0.2, 0.25) is 0 Å². The van der Waals surface area contributed by atoms with Crippen LogP contribution in [0.5, 0.6) is 5.75 Å². The Kier molecular flexibility index (Phi) is 5.36. The van der Waals surface area contributed by atoms with Gasteiger partial charge >= 0.3 is 5.97 Å². The third kappa shape index (κ3) is 4.91. The van der Waals surface area contributed by atoms with Gasteiger partial charge in [-0.3, -0.25) is 4.79 Å². The first-order valence-corrected chi connectivity index (χ1v) is 6.41. The highest BCUT2D eigenvalue weighted by molar-refractivity contribution is 5.75. The van der Waals surface area contributed by atoms with Crippen LogP contribution in [0.3, 0.4) is 0 Å². The second-order valence-corrected chi connectivity index (χ2v) is 5.54. The lowest BCUT2D eigenvalue weighted by atomic mass is 9.87. The molecule has 4 heteroatoms. The van der Waals surface area contributed by atoms with E-state index >= 15 is 0 Å². The summed E-state index contributed by atoms with van der Waals surface area (Å²) in [5.74, 6) is 0.386. The standard InChI is InChI=1S/C15H23NO3/c1-15(2,3)11-6-5-7-12(10-11)19-9-8-13(16)14(17)18-4/h5-7,10,13H,8-9,16H2,1-4H3.